The molecule has 1 saturated heterocycles. The molecule has 3 N–H and O–H groups in total. The minimum Gasteiger partial charge on any atom is -0.327 e. The van der Waals surface area contributed by atoms with Crippen molar-refractivity contribution in [2.24, 2.45) is 5.73 Å². The Bertz CT molecular complexity index is 57.1. The van der Waals surface area contributed by atoms with Crippen molar-refractivity contribution in [3.05, 3.63) is 0 Å². The minimum atomic E-state index is 0.341. The summed E-state index contributed by atoms with van der Waals surface area (Å²) in [5, 5.41) is 3.22. The summed E-state index contributed by atoms with van der Waals surface area (Å²) in [5.74, 6) is 0. The highest BCUT2D eigenvalue weighted by Crippen LogP contribution is 2.03. The summed E-state index contributed by atoms with van der Waals surface area (Å²) in [4.78, 5) is 0. The van der Waals surface area contributed by atoms with Gasteiger partial charge in [-0.1, -0.05) is 0 Å². The SMILES string of the molecule is CC(N)C1CCN1. The van der Waals surface area contributed by atoms with Crippen LogP contribution in [-0.2, 0) is 0 Å². The fourth-order valence-electron chi connectivity index (χ4n) is 0.760. The summed E-state index contributed by atoms with van der Waals surface area (Å²) in [7, 11) is 0. The van der Waals surface area contributed by atoms with Gasteiger partial charge in [-0.2, -0.15) is 0 Å². The maximum Gasteiger partial charge on any atom is 0.0228 e. The molecule has 7 heavy (non-hydrogen) atoms. The first-order chi connectivity index (χ1) is 3.30. The molecule has 0 saturated carbocycles. The fraction of sp³-hybridized carbons (Fsp3) is 1.00. The molecule has 0 radical (unpaired) electrons. The molecular weight excluding hydrogens is 88.1 g/mol. The van der Waals surface area contributed by atoms with Crippen LogP contribution in [0.4, 0.5) is 0 Å². The molecule has 0 amide bonds. The van der Waals surface area contributed by atoms with Gasteiger partial charge in [0.05, 0.1) is 0 Å². The number of nitrogens with one attached hydrogen (secondary N) is 1. The molecule has 0 aromatic rings. The monoisotopic (exact) mass is 100 g/mol. The van der Waals surface area contributed by atoms with Crippen LogP contribution in [0, 0.1) is 0 Å². The van der Waals surface area contributed by atoms with E-state index in [0.717, 1.165) is 6.54 Å². The van der Waals surface area contributed by atoms with Crippen LogP contribution in [0.15, 0.2) is 0 Å². The lowest BCUT2D eigenvalue weighted by Gasteiger charge is -2.30. The van der Waals surface area contributed by atoms with Gasteiger partial charge < -0.3 is 11.1 Å². The van der Waals surface area contributed by atoms with Crippen LogP contribution < -0.4 is 11.1 Å². The van der Waals surface area contributed by atoms with E-state index >= 15 is 0 Å². The second-order valence-electron chi connectivity index (χ2n) is 2.21. The zero-order chi connectivity index (χ0) is 5.28. The zero-order valence-corrected chi connectivity index (χ0v) is 4.65. The van der Waals surface area contributed by atoms with Crippen LogP contribution in [0.3, 0.4) is 0 Å². The van der Waals surface area contributed by atoms with Crippen molar-refractivity contribution < 1.29 is 0 Å². The Kier molecular flexibility index (Phi) is 1.30. The topological polar surface area (TPSA) is 38.0 Å². The van der Waals surface area contributed by atoms with Crippen LogP contribution in [0.1, 0.15) is 13.3 Å². The third-order valence-electron chi connectivity index (χ3n) is 1.50. The van der Waals surface area contributed by atoms with Crippen LogP contribution in [0.2, 0.25) is 0 Å². The van der Waals surface area contributed by atoms with E-state index in [4.69, 9.17) is 5.73 Å². The fourth-order valence-corrected chi connectivity index (χ4v) is 0.760. The molecule has 2 heteroatoms. The third-order valence-corrected chi connectivity index (χ3v) is 1.50. The maximum atomic E-state index is 5.54. The van der Waals surface area contributed by atoms with Gasteiger partial charge >= 0.3 is 0 Å². The summed E-state index contributed by atoms with van der Waals surface area (Å²) < 4.78 is 0. The third kappa shape index (κ3) is 0.924. The standard InChI is InChI=1S/C5H12N2/c1-4(6)5-2-3-7-5/h4-5,7H,2-3,6H2,1H3. The van der Waals surface area contributed by atoms with Crippen LogP contribution in [-0.4, -0.2) is 18.6 Å². The molecule has 2 unspecified atom stereocenters. The van der Waals surface area contributed by atoms with Crippen molar-refractivity contribution in [2.75, 3.05) is 6.54 Å². The summed E-state index contributed by atoms with van der Waals surface area (Å²) >= 11 is 0. The number of rotatable bonds is 1. The molecule has 1 rings (SSSR count). The van der Waals surface area contributed by atoms with Crippen LogP contribution in [0.25, 0.3) is 0 Å². The Hall–Kier alpha value is -0.0800. The predicted octanol–water partition coefficient (Wildman–Crippen LogP) is -0.305. The number of hydrogen-bond acceptors (Lipinski definition) is 2. The highest BCUT2D eigenvalue weighted by atomic mass is 15.0. The van der Waals surface area contributed by atoms with E-state index in [0.29, 0.717) is 12.1 Å². The van der Waals surface area contributed by atoms with Gasteiger partial charge in [0.15, 0.2) is 0 Å². The average Bonchev–Trinajstić information content (AvgIpc) is 1.23. The summed E-state index contributed by atoms with van der Waals surface area (Å²) in [6, 6.07) is 0.953. The van der Waals surface area contributed by atoms with Gasteiger partial charge in [-0.15, -0.1) is 0 Å². The highest BCUT2D eigenvalue weighted by molar-refractivity contribution is 4.83. The molecule has 42 valence electrons. The second kappa shape index (κ2) is 1.80. The molecule has 1 aliphatic rings. The van der Waals surface area contributed by atoms with Gasteiger partial charge in [-0.05, 0) is 19.9 Å². The van der Waals surface area contributed by atoms with Gasteiger partial charge in [-0.25, -0.2) is 0 Å². The summed E-state index contributed by atoms with van der Waals surface area (Å²) in [6.07, 6.45) is 1.26. The van der Waals surface area contributed by atoms with Crippen molar-refractivity contribution >= 4 is 0 Å². The van der Waals surface area contributed by atoms with Gasteiger partial charge in [0.1, 0.15) is 0 Å². The Morgan fingerprint density at radius 3 is 2.43 bits per heavy atom. The Morgan fingerprint density at radius 1 is 1.86 bits per heavy atom. The molecule has 2 nitrogen and oxygen atoms in total. The van der Waals surface area contributed by atoms with E-state index in [9.17, 15) is 0 Å². The quantitative estimate of drug-likeness (QED) is 0.474. The second-order valence-corrected chi connectivity index (χ2v) is 2.21. The largest absolute Gasteiger partial charge is 0.327 e. The molecule has 0 bridgehead atoms. The Balaban J connectivity index is 2.14. The van der Waals surface area contributed by atoms with Crippen molar-refractivity contribution in [1.29, 1.82) is 0 Å². The van der Waals surface area contributed by atoms with Gasteiger partial charge in [0.25, 0.3) is 0 Å². The van der Waals surface area contributed by atoms with Crippen molar-refractivity contribution in [3.8, 4) is 0 Å². The Labute approximate surface area is 44.1 Å². The van der Waals surface area contributed by atoms with Crippen molar-refractivity contribution in [3.63, 3.8) is 0 Å². The van der Waals surface area contributed by atoms with E-state index < -0.39 is 0 Å². The normalized spacial score (nSPS) is 34.3. The van der Waals surface area contributed by atoms with Crippen LogP contribution in [0.5, 0.6) is 0 Å². The highest BCUT2D eigenvalue weighted by Gasteiger charge is 2.19. The lowest BCUT2D eigenvalue weighted by atomic mass is 10.0. The van der Waals surface area contributed by atoms with Crippen molar-refractivity contribution in [2.45, 2.75) is 25.4 Å². The molecule has 0 spiro atoms. The van der Waals surface area contributed by atoms with Gasteiger partial charge in [0, 0.05) is 12.1 Å². The van der Waals surface area contributed by atoms with E-state index in [1.165, 1.54) is 6.42 Å². The first-order valence-electron chi connectivity index (χ1n) is 2.79. The lowest BCUT2D eigenvalue weighted by Crippen LogP contribution is -2.52. The van der Waals surface area contributed by atoms with E-state index in [-0.39, 0.29) is 0 Å². The van der Waals surface area contributed by atoms with E-state index in [1.807, 2.05) is 6.92 Å². The first kappa shape index (κ1) is 5.06. The van der Waals surface area contributed by atoms with Gasteiger partial charge in [0.2, 0.25) is 0 Å². The lowest BCUT2D eigenvalue weighted by molar-refractivity contribution is 0.328. The molecular formula is C5H12N2. The summed E-state index contributed by atoms with van der Waals surface area (Å²) in [5.41, 5.74) is 5.54. The molecule has 0 aliphatic carbocycles. The number of hydrogen-bond donors (Lipinski definition) is 2. The van der Waals surface area contributed by atoms with Gasteiger partial charge in [-0.3, -0.25) is 0 Å². The van der Waals surface area contributed by atoms with E-state index in [2.05, 4.69) is 5.32 Å². The zero-order valence-electron chi connectivity index (χ0n) is 4.65. The maximum absolute atomic E-state index is 5.54. The van der Waals surface area contributed by atoms with E-state index in [1.54, 1.807) is 0 Å². The molecule has 1 heterocycles. The smallest absolute Gasteiger partial charge is 0.0228 e. The average molecular weight is 100 g/mol. The van der Waals surface area contributed by atoms with Crippen molar-refractivity contribution in [1.82, 2.24) is 5.32 Å². The molecule has 1 fully saturated rings. The molecule has 0 aromatic heterocycles. The van der Waals surface area contributed by atoms with Crippen LogP contribution >= 0.6 is 0 Å². The molecule has 2 atom stereocenters. The molecule has 1 aliphatic heterocycles. The summed E-state index contributed by atoms with van der Waals surface area (Å²) in [6.45, 7) is 3.20. The Morgan fingerprint density at radius 2 is 2.43 bits per heavy atom. The first-order valence-corrected chi connectivity index (χ1v) is 2.79. The minimum absolute atomic E-state index is 0.341. The predicted molar refractivity (Wildman–Crippen MR) is 30.1 cm³/mol. The molecule has 0 aromatic carbocycles. The number of nitrogens with two attached hydrogens (primary N) is 1.